The van der Waals surface area contributed by atoms with E-state index in [1.165, 1.54) is 7.11 Å². The van der Waals surface area contributed by atoms with Gasteiger partial charge in [-0.05, 0) is 13.3 Å². The van der Waals surface area contributed by atoms with E-state index in [-0.39, 0.29) is 0 Å². The summed E-state index contributed by atoms with van der Waals surface area (Å²) in [5.41, 5.74) is 4.46. The van der Waals surface area contributed by atoms with Crippen LogP contribution in [-0.2, 0) is 19.1 Å². The van der Waals surface area contributed by atoms with Gasteiger partial charge in [-0.3, -0.25) is 9.59 Å². The van der Waals surface area contributed by atoms with Crippen molar-refractivity contribution in [3.63, 3.8) is 0 Å². The van der Waals surface area contributed by atoms with Gasteiger partial charge in [0.25, 0.3) is 0 Å². The van der Waals surface area contributed by atoms with E-state index in [4.69, 9.17) is 10.5 Å². The van der Waals surface area contributed by atoms with Gasteiger partial charge < -0.3 is 15.2 Å². The lowest BCUT2D eigenvalue weighted by Crippen LogP contribution is -2.38. The van der Waals surface area contributed by atoms with Crippen LogP contribution in [0.1, 0.15) is 13.3 Å². The van der Waals surface area contributed by atoms with Crippen LogP contribution in [0.15, 0.2) is 0 Å². The monoisotopic (exact) mass is 187 g/mol. The Kier molecular flexibility index (Phi) is 2.56. The first-order valence-corrected chi connectivity index (χ1v) is 4.10. The van der Waals surface area contributed by atoms with Crippen LogP contribution in [0.25, 0.3) is 0 Å². The molecule has 2 N–H and O–H groups in total. The molecule has 2 atom stereocenters. The molecular formula is C8H13NO4. The molecule has 0 amide bonds. The van der Waals surface area contributed by atoms with Crippen molar-refractivity contribution in [2.75, 3.05) is 13.7 Å². The van der Waals surface area contributed by atoms with E-state index in [2.05, 4.69) is 4.74 Å². The fraction of sp³-hybridized carbons (Fsp3) is 0.750. The van der Waals surface area contributed by atoms with E-state index in [1.54, 1.807) is 6.92 Å². The number of hydrogen-bond acceptors (Lipinski definition) is 5. The Morgan fingerprint density at radius 1 is 1.62 bits per heavy atom. The van der Waals surface area contributed by atoms with E-state index in [0.717, 1.165) is 0 Å². The van der Waals surface area contributed by atoms with Crippen LogP contribution in [0.5, 0.6) is 0 Å². The molecule has 1 rings (SSSR count). The Labute approximate surface area is 76.2 Å². The van der Waals surface area contributed by atoms with Crippen molar-refractivity contribution >= 4 is 11.9 Å². The molecule has 0 saturated heterocycles. The number of methoxy groups -OCH3 is 1. The minimum Gasteiger partial charge on any atom is -0.468 e. The lowest BCUT2D eigenvalue weighted by atomic mass is 10.2. The first-order chi connectivity index (χ1) is 6.06. The molecule has 0 heterocycles. The summed E-state index contributed by atoms with van der Waals surface area (Å²) in [6.07, 6.45) is 0.318. The van der Waals surface area contributed by atoms with Gasteiger partial charge in [0.2, 0.25) is 0 Å². The van der Waals surface area contributed by atoms with E-state index in [0.29, 0.717) is 13.0 Å². The number of ether oxygens (including phenoxy) is 2. The molecule has 0 aromatic carbocycles. The molecule has 1 fully saturated rings. The lowest BCUT2D eigenvalue weighted by Gasteiger charge is -2.07. The Balaban J connectivity index is 2.52. The second kappa shape index (κ2) is 3.33. The van der Waals surface area contributed by atoms with Gasteiger partial charge in [0, 0.05) is 0 Å². The molecule has 1 aliphatic rings. The van der Waals surface area contributed by atoms with Crippen LogP contribution in [0.2, 0.25) is 0 Å². The number of hydrogen-bond donors (Lipinski definition) is 1. The maximum atomic E-state index is 11.1. The average Bonchev–Trinajstić information content (AvgIpc) is 2.79. The average molecular weight is 187 g/mol. The highest BCUT2D eigenvalue weighted by Crippen LogP contribution is 2.42. The zero-order valence-electron chi connectivity index (χ0n) is 7.70. The van der Waals surface area contributed by atoms with Crippen molar-refractivity contribution in [2.45, 2.75) is 18.9 Å². The van der Waals surface area contributed by atoms with Crippen LogP contribution in [-0.4, -0.2) is 31.2 Å². The molecule has 1 aliphatic carbocycles. The SMILES string of the molecule is CCOC(=O)C1CC1(N)C(=O)OC. The Bertz CT molecular complexity index is 240. The summed E-state index contributed by atoms with van der Waals surface area (Å²) in [5.74, 6) is -1.50. The predicted molar refractivity (Wildman–Crippen MR) is 43.7 cm³/mol. The quantitative estimate of drug-likeness (QED) is 0.599. The summed E-state index contributed by atoms with van der Waals surface area (Å²) in [7, 11) is 1.25. The largest absolute Gasteiger partial charge is 0.468 e. The molecule has 2 unspecified atom stereocenters. The third-order valence-corrected chi connectivity index (χ3v) is 2.14. The Morgan fingerprint density at radius 3 is 2.69 bits per heavy atom. The lowest BCUT2D eigenvalue weighted by molar-refractivity contribution is -0.150. The van der Waals surface area contributed by atoms with Crippen molar-refractivity contribution in [3.05, 3.63) is 0 Å². The number of esters is 2. The summed E-state index contributed by atoms with van der Waals surface area (Å²) in [5, 5.41) is 0. The van der Waals surface area contributed by atoms with Crippen molar-refractivity contribution in [1.82, 2.24) is 0 Å². The molecular weight excluding hydrogens is 174 g/mol. The van der Waals surface area contributed by atoms with Crippen LogP contribution >= 0.6 is 0 Å². The number of rotatable bonds is 3. The van der Waals surface area contributed by atoms with E-state index in [1.807, 2.05) is 0 Å². The van der Waals surface area contributed by atoms with Crippen LogP contribution in [0.3, 0.4) is 0 Å². The summed E-state index contributed by atoms with van der Waals surface area (Å²) >= 11 is 0. The highest BCUT2D eigenvalue weighted by molar-refractivity contribution is 5.94. The molecule has 5 heteroatoms. The summed E-state index contributed by atoms with van der Waals surface area (Å²) < 4.78 is 9.19. The molecule has 74 valence electrons. The highest BCUT2D eigenvalue weighted by atomic mass is 16.5. The Morgan fingerprint density at radius 2 is 2.23 bits per heavy atom. The van der Waals surface area contributed by atoms with Gasteiger partial charge in [0.1, 0.15) is 5.54 Å². The fourth-order valence-electron chi connectivity index (χ4n) is 1.23. The molecule has 0 aromatic rings. The third-order valence-electron chi connectivity index (χ3n) is 2.14. The molecule has 0 aromatic heterocycles. The molecule has 13 heavy (non-hydrogen) atoms. The number of carbonyl (C=O) groups excluding carboxylic acids is 2. The maximum Gasteiger partial charge on any atom is 0.326 e. The zero-order valence-corrected chi connectivity index (χ0v) is 7.70. The van der Waals surface area contributed by atoms with Gasteiger partial charge in [0.15, 0.2) is 0 Å². The second-order valence-electron chi connectivity index (χ2n) is 3.04. The molecule has 1 saturated carbocycles. The molecule has 0 spiro atoms. The number of carbonyl (C=O) groups is 2. The van der Waals surface area contributed by atoms with Crippen LogP contribution in [0.4, 0.5) is 0 Å². The van der Waals surface area contributed by atoms with Gasteiger partial charge in [-0.2, -0.15) is 0 Å². The van der Waals surface area contributed by atoms with Crippen molar-refractivity contribution in [1.29, 1.82) is 0 Å². The van der Waals surface area contributed by atoms with Gasteiger partial charge in [-0.15, -0.1) is 0 Å². The summed E-state index contributed by atoms with van der Waals surface area (Å²) in [4.78, 5) is 22.2. The van der Waals surface area contributed by atoms with Gasteiger partial charge in [-0.25, -0.2) is 0 Å². The van der Waals surface area contributed by atoms with E-state index in [9.17, 15) is 9.59 Å². The van der Waals surface area contributed by atoms with Crippen LogP contribution < -0.4 is 5.73 Å². The standard InChI is InChI=1S/C8H13NO4/c1-3-13-6(10)5-4-8(5,9)7(11)12-2/h5H,3-4,9H2,1-2H3. The van der Waals surface area contributed by atoms with Crippen molar-refractivity contribution in [3.8, 4) is 0 Å². The van der Waals surface area contributed by atoms with Gasteiger partial charge in [0.05, 0.1) is 19.6 Å². The first kappa shape index (κ1) is 9.98. The minimum absolute atomic E-state index is 0.298. The minimum atomic E-state index is -1.14. The van der Waals surface area contributed by atoms with Gasteiger partial charge >= 0.3 is 11.9 Å². The normalized spacial score (nSPS) is 30.8. The summed E-state index contributed by atoms with van der Waals surface area (Å²) in [6.45, 7) is 2.00. The predicted octanol–water partition coefficient (Wildman–Crippen LogP) is -0.560. The number of nitrogens with two attached hydrogens (primary N) is 1. The van der Waals surface area contributed by atoms with E-state index < -0.39 is 23.4 Å². The van der Waals surface area contributed by atoms with Crippen molar-refractivity contribution in [2.24, 2.45) is 11.7 Å². The van der Waals surface area contributed by atoms with Gasteiger partial charge in [-0.1, -0.05) is 0 Å². The first-order valence-electron chi connectivity index (χ1n) is 4.10. The second-order valence-corrected chi connectivity index (χ2v) is 3.04. The molecule has 0 bridgehead atoms. The maximum absolute atomic E-state index is 11.1. The fourth-order valence-corrected chi connectivity index (χ4v) is 1.23. The topological polar surface area (TPSA) is 78.6 Å². The van der Waals surface area contributed by atoms with E-state index >= 15 is 0 Å². The van der Waals surface area contributed by atoms with Crippen LogP contribution in [0, 0.1) is 5.92 Å². The summed E-state index contributed by atoms with van der Waals surface area (Å²) in [6, 6.07) is 0. The highest BCUT2D eigenvalue weighted by Gasteiger charge is 2.63. The smallest absolute Gasteiger partial charge is 0.326 e. The third kappa shape index (κ3) is 1.65. The molecule has 0 aliphatic heterocycles. The Hall–Kier alpha value is -1.10. The molecule has 5 nitrogen and oxygen atoms in total. The van der Waals surface area contributed by atoms with Crippen molar-refractivity contribution < 1.29 is 19.1 Å². The zero-order chi connectivity index (χ0) is 10.1. The molecule has 0 radical (unpaired) electrons.